The number of ether oxygens (including phenoxy) is 1. The first-order valence-corrected chi connectivity index (χ1v) is 4.23. The van der Waals surface area contributed by atoms with E-state index in [4.69, 9.17) is 14.9 Å². The molecule has 0 aliphatic rings. The Morgan fingerprint density at radius 2 is 2.08 bits per heavy atom. The van der Waals surface area contributed by atoms with Crippen LogP contribution in [0.3, 0.4) is 0 Å². The third kappa shape index (κ3) is 3.05. The molecule has 3 heteroatoms. The van der Waals surface area contributed by atoms with Crippen molar-refractivity contribution in [3.63, 3.8) is 0 Å². The van der Waals surface area contributed by atoms with Crippen LogP contribution in [0.25, 0.3) is 0 Å². The highest BCUT2D eigenvalue weighted by molar-refractivity contribution is 5.32. The molecule has 0 spiro atoms. The van der Waals surface area contributed by atoms with Crippen LogP contribution < -0.4 is 4.74 Å². The van der Waals surface area contributed by atoms with Crippen molar-refractivity contribution >= 4 is 0 Å². The number of hydrogen-bond donors (Lipinski definition) is 2. The number of para-hydroxylation sites is 1. The molecule has 0 saturated carbocycles. The maximum Gasteiger partial charge on any atom is 0.124 e. The number of benzene rings is 1. The molecule has 3 nitrogen and oxygen atoms in total. The highest BCUT2D eigenvalue weighted by Crippen LogP contribution is 2.17. The van der Waals surface area contributed by atoms with Crippen LogP contribution in [-0.4, -0.2) is 22.9 Å². The largest absolute Gasteiger partial charge is 0.491 e. The maximum atomic E-state index is 8.99. The molecule has 0 aliphatic heterocycles. The molecule has 1 aromatic rings. The molecule has 0 aromatic heterocycles. The second-order valence-corrected chi connectivity index (χ2v) is 2.93. The summed E-state index contributed by atoms with van der Waals surface area (Å²) < 4.78 is 5.28. The van der Waals surface area contributed by atoms with Crippen molar-refractivity contribution in [3.05, 3.63) is 29.8 Å². The zero-order valence-electron chi connectivity index (χ0n) is 7.60. The molecule has 0 amide bonds. The predicted octanol–water partition coefficient (Wildman–Crippen LogP) is 0.938. The predicted molar refractivity (Wildman–Crippen MR) is 49.5 cm³/mol. The van der Waals surface area contributed by atoms with Gasteiger partial charge in [-0.25, -0.2) is 0 Å². The van der Waals surface area contributed by atoms with Gasteiger partial charge in [0.15, 0.2) is 0 Å². The molecule has 13 heavy (non-hydrogen) atoms. The van der Waals surface area contributed by atoms with Crippen LogP contribution in [0.2, 0.25) is 0 Å². The summed E-state index contributed by atoms with van der Waals surface area (Å²) in [7, 11) is 0. The van der Waals surface area contributed by atoms with E-state index >= 15 is 0 Å². The van der Waals surface area contributed by atoms with Crippen molar-refractivity contribution in [3.8, 4) is 5.75 Å². The minimum absolute atomic E-state index is 0.0457. The van der Waals surface area contributed by atoms with E-state index in [-0.39, 0.29) is 13.2 Å². The van der Waals surface area contributed by atoms with Crippen LogP contribution in [0.1, 0.15) is 12.5 Å². The smallest absolute Gasteiger partial charge is 0.124 e. The minimum atomic E-state index is -0.494. The standard InChI is InChI=1S/C10H14O3/c1-8(12)7-13-10-5-3-2-4-9(10)6-11/h2-5,8,11-12H,6-7H2,1H3/t8-/m1/s1. The third-order valence-electron chi connectivity index (χ3n) is 1.62. The van der Waals surface area contributed by atoms with Gasteiger partial charge in [0.1, 0.15) is 12.4 Å². The molecule has 0 radical (unpaired) electrons. The van der Waals surface area contributed by atoms with E-state index < -0.39 is 6.10 Å². The first-order valence-electron chi connectivity index (χ1n) is 4.23. The van der Waals surface area contributed by atoms with Gasteiger partial charge < -0.3 is 14.9 Å². The van der Waals surface area contributed by atoms with E-state index in [9.17, 15) is 0 Å². The fourth-order valence-electron chi connectivity index (χ4n) is 0.986. The van der Waals surface area contributed by atoms with Crippen molar-refractivity contribution in [1.29, 1.82) is 0 Å². The molecule has 0 aliphatic carbocycles. The summed E-state index contributed by atoms with van der Waals surface area (Å²) in [6.45, 7) is 1.86. The van der Waals surface area contributed by atoms with Crippen LogP contribution in [0, 0.1) is 0 Å². The lowest BCUT2D eigenvalue weighted by atomic mass is 10.2. The zero-order valence-corrected chi connectivity index (χ0v) is 7.60. The summed E-state index contributed by atoms with van der Waals surface area (Å²) >= 11 is 0. The van der Waals surface area contributed by atoms with Gasteiger partial charge in [-0.05, 0) is 13.0 Å². The third-order valence-corrected chi connectivity index (χ3v) is 1.62. The second-order valence-electron chi connectivity index (χ2n) is 2.93. The van der Waals surface area contributed by atoms with E-state index in [1.165, 1.54) is 0 Å². The Balaban J connectivity index is 2.64. The normalized spacial score (nSPS) is 12.5. The van der Waals surface area contributed by atoms with Gasteiger partial charge in [-0.15, -0.1) is 0 Å². The summed E-state index contributed by atoms with van der Waals surface area (Å²) in [5.74, 6) is 0.630. The average Bonchev–Trinajstić information content (AvgIpc) is 2.15. The van der Waals surface area contributed by atoms with Crippen LogP contribution in [0.5, 0.6) is 5.75 Å². The quantitative estimate of drug-likeness (QED) is 0.728. The van der Waals surface area contributed by atoms with E-state index in [1.54, 1.807) is 19.1 Å². The summed E-state index contributed by atoms with van der Waals surface area (Å²) in [6.07, 6.45) is -0.494. The highest BCUT2D eigenvalue weighted by Gasteiger charge is 2.02. The van der Waals surface area contributed by atoms with E-state index in [0.717, 1.165) is 5.56 Å². The van der Waals surface area contributed by atoms with Crippen LogP contribution in [-0.2, 0) is 6.61 Å². The molecular weight excluding hydrogens is 168 g/mol. The van der Waals surface area contributed by atoms with Crippen molar-refractivity contribution in [1.82, 2.24) is 0 Å². The number of rotatable bonds is 4. The summed E-state index contributed by atoms with van der Waals surface area (Å²) in [5.41, 5.74) is 0.739. The second kappa shape index (κ2) is 4.84. The first-order chi connectivity index (χ1) is 6.24. The minimum Gasteiger partial charge on any atom is -0.491 e. The SMILES string of the molecule is C[C@@H](O)COc1ccccc1CO. The van der Waals surface area contributed by atoms with E-state index in [0.29, 0.717) is 5.75 Å². The number of aliphatic hydroxyl groups is 2. The molecule has 1 rings (SSSR count). The molecule has 0 bridgehead atoms. The number of hydrogen-bond acceptors (Lipinski definition) is 3. The molecule has 0 heterocycles. The molecule has 1 aromatic carbocycles. The van der Waals surface area contributed by atoms with Crippen LogP contribution >= 0.6 is 0 Å². The number of aliphatic hydroxyl groups excluding tert-OH is 2. The van der Waals surface area contributed by atoms with Crippen molar-refractivity contribution < 1.29 is 14.9 Å². The average molecular weight is 182 g/mol. The van der Waals surface area contributed by atoms with Gasteiger partial charge in [-0.2, -0.15) is 0 Å². The van der Waals surface area contributed by atoms with Gasteiger partial charge in [0.2, 0.25) is 0 Å². The maximum absolute atomic E-state index is 8.99. The Morgan fingerprint density at radius 1 is 1.38 bits per heavy atom. The highest BCUT2D eigenvalue weighted by atomic mass is 16.5. The fourth-order valence-corrected chi connectivity index (χ4v) is 0.986. The van der Waals surface area contributed by atoms with Gasteiger partial charge in [0.25, 0.3) is 0 Å². The molecule has 0 saturated heterocycles. The van der Waals surface area contributed by atoms with Crippen molar-refractivity contribution in [2.75, 3.05) is 6.61 Å². The van der Waals surface area contributed by atoms with Gasteiger partial charge in [0.05, 0.1) is 12.7 Å². The monoisotopic (exact) mass is 182 g/mol. The molecular formula is C10H14O3. The molecule has 0 unspecified atom stereocenters. The van der Waals surface area contributed by atoms with E-state index in [1.807, 2.05) is 12.1 Å². The van der Waals surface area contributed by atoms with Crippen molar-refractivity contribution in [2.45, 2.75) is 19.6 Å². The molecule has 0 fully saturated rings. The lowest BCUT2D eigenvalue weighted by molar-refractivity contribution is 0.121. The van der Waals surface area contributed by atoms with Crippen molar-refractivity contribution in [2.24, 2.45) is 0 Å². The topological polar surface area (TPSA) is 49.7 Å². The Morgan fingerprint density at radius 3 is 2.69 bits per heavy atom. The summed E-state index contributed by atoms with van der Waals surface area (Å²) in [5, 5.41) is 17.9. The lowest BCUT2D eigenvalue weighted by Crippen LogP contribution is -2.13. The Bertz CT molecular complexity index is 258. The molecule has 1 atom stereocenters. The lowest BCUT2D eigenvalue weighted by Gasteiger charge is -2.10. The Labute approximate surface area is 77.6 Å². The zero-order chi connectivity index (χ0) is 9.68. The first kappa shape index (κ1) is 10.0. The van der Waals surface area contributed by atoms with Crippen LogP contribution in [0.4, 0.5) is 0 Å². The van der Waals surface area contributed by atoms with Gasteiger partial charge in [0, 0.05) is 5.56 Å². The van der Waals surface area contributed by atoms with E-state index in [2.05, 4.69) is 0 Å². The summed E-state index contributed by atoms with van der Waals surface area (Å²) in [4.78, 5) is 0. The van der Waals surface area contributed by atoms with Gasteiger partial charge in [-0.3, -0.25) is 0 Å². The Hall–Kier alpha value is -1.06. The molecule has 72 valence electrons. The van der Waals surface area contributed by atoms with Gasteiger partial charge in [-0.1, -0.05) is 18.2 Å². The Kier molecular flexibility index (Phi) is 3.73. The fraction of sp³-hybridized carbons (Fsp3) is 0.400. The molecule has 2 N–H and O–H groups in total. The summed E-state index contributed by atoms with van der Waals surface area (Å²) in [6, 6.07) is 7.22. The van der Waals surface area contributed by atoms with Crippen LogP contribution in [0.15, 0.2) is 24.3 Å². The van der Waals surface area contributed by atoms with Gasteiger partial charge >= 0.3 is 0 Å².